The van der Waals surface area contributed by atoms with Crippen LogP contribution in [0.1, 0.15) is 16.8 Å². The van der Waals surface area contributed by atoms with Crippen molar-refractivity contribution in [3.8, 4) is 0 Å². The van der Waals surface area contributed by atoms with E-state index in [2.05, 4.69) is 9.68 Å². The van der Waals surface area contributed by atoms with Gasteiger partial charge in [0, 0.05) is 0 Å². The van der Waals surface area contributed by atoms with Crippen molar-refractivity contribution < 1.29 is 9.32 Å². The Kier molecular flexibility index (Phi) is 2.99. The molecule has 0 atom stereocenters. The van der Waals surface area contributed by atoms with Crippen molar-refractivity contribution in [3.05, 3.63) is 53.4 Å². The van der Waals surface area contributed by atoms with Crippen LogP contribution in [-0.2, 0) is 9.13 Å². The molecule has 0 unspecified atom stereocenters. The monoisotopic (exact) mass is 254 g/mol. The van der Waals surface area contributed by atoms with Gasteiger partial charge in [-0.1, -0.05) is 58.7 Å². The molecule has 1 heterocycles. The lowest BCUT2D eigenvalue weighted by Crippen LogP contribution is -2.13. The van der Waals surface area contributed by atoms with Crippen molar-refractivity contribution in [2.24, 2.45) is 0 Å². The average molecular weight is 255 g/mol. The van der Waals surface area contributed by atoms with E-state index in [0.29, 0.717) is 5.56 Å². The summed E-state index contributed by atoms with van der Waals surface area (Å²) in [6, 6.07) is 8.94. The van der Waals surface area contributed by atoms with Crippen LogP contribution in [0.2, 0.25) is 0 Å². The van der Waals surface area contributed by atoms with Gasteiger partial charge >= 0.3 is 0 Å². The van der Waals surface area contributed by atoms with E-state index in [1.54, 1.807) is 30.6 Å². The predicted molar refractivity (Wildman–Crippen MR) is 60.2 cm³/mol. The Bertz CT molecular complexity index is 494. The molecular formula is C11H6Cl2NO2. The number of alkyl halides is 2. The molecule has 0 aliphatic rings. The van der Waals surface area contributed by atoms with Crippen LogP contribution < -0.4 is 0 Å². The molecule has 16 heavy (non-hydrogen) atoms. The van der Waals surface area contributed by atoms with Gasteiger partial charge in [-0.15, -0.1) is 0 Å². The standard InChI is InChI=1S/C11H6Cl2NO2/c12-11(13,8-4-2-1-3-5-8)9-7-16-14-10(9)6-15/h1-5,7H. The first kappa shape index (κ1) is 11.2. The summed E-state index contributed by atoms with van der Waals surface area (Å²) in [6.07, 6.45) is 2.87. The van der Waals surface area contributed by atoms with Gasteiger partial charge in [0.05, 0.1) is 5.56 Å². The number of nitrogens with zero attached hydrogens (tertiary/aromatic N) is 1. The molecule has 0 saturated carbocycles. The van der Waals surface area contributed by atoms with Gasteiger partial charge in [-0.2, -0.15) is 0 Å². The minimum Gasteiger partial charge on any atom is -0.364 e. The van der Waals surface area contributed by atoms with E-state index in [1.165, 1.54) is 6.26 Å². The van der Waals surface area contributed by atoms with Crippen LogP contribution in [0.15, 0.2) is 41.1 Å². The van der Waals surface area contributed by atoms with Crippen LogP contribution >= 0.6 is 23.2 Å². The van der Waals surface area contributed by atoms with E-state index in [1.807, 2.05) is 6.07 Å². The first-order chi connectivity index (χ1) is 7.66. The Labute approximate surface area is 102 Å². The molecule has 1 aromatic heterocycles. The maximum atomic E-state index is 10.6. The van der Waals surface area contributed by atoms with Gasteiger partial charge in [-0.25, -0.2) is 0 Å². The minimum atomic E-state index is -1.37. The zero-order valence-electron chi connectivity index (χ0n) is 7.98. The first-order valence-electron chi connectivity index (χ1n) is 4.42. The molecule has 0 N–H and O–H groups in total. The summed E-state index contributed by atoms with van der Waals surface area (Å²) >= 11 is 12.4. The Morgan fingerprint density at radius 3 is 2.56 bits per heavy atom. The van der Waals surface area contributed by atoms with E-state index in [-0.39, 0.29) is 11.3 Å². The summed E-state index contributed by atoms with van der Waals surface area (Å²) in [5, 5.41) is 3.46. The number of rotatable bonds is 3. The van der Waals surface area contributed by atoms with Crippen molar-refractivity contribution in [2.45, 2.75) is 4.33 Å². The molecule has 0 fully saturated rings. The van der Waals surface area contributed by atoms with E-state index in [0.717, 1.165) is 0 Å². The molecule has 0 bridgehead atoms. The third kappa shape index (κ3) is 1.84. The fraction of sp³-hybridized carbons (Fsp3) is 0.0909. The topological polar surface area (TPSA) is 43.1 Å². The molecule has 0 amide bonds. The molecule has 0 saturated heterocycles. The molecule has 0 spiro atoms. The van der Waals surface area contributed by atoms with Crippen molar-refractivity contribution in [1.29, 1.82) is 0 Å². The second-order valence-electron chi connectivity index (χ2n) is 3.12. The number of aromatic nitrogens is 1. The van der Waals surface area contributed by atoms with Crippen LogP contribution in [-0.4, -0.2) is 11.4 Å². The maximum absolute atomic E-state index is 10.6. The lowest BCUT2D eigenvalue weighted by atomic mass is 10.0. The van der Waals surface area contributed by atoms with Crippen molar-refractivity contribution in [2.75, 3.05) is 0 Å². The predicted octanol–water partition coefficient (Wildman–Crippen LogP) is 2.81. The highest BCUT2D eigenvalue weighted by atomic mass is 35.5. The Morgan fingerprint density at radius 1 is 1.25 bits per heavy atom. The summed E-state index contributed by atoms with van der Waals surface area (Å²) in [5.41, 5.74) is 0.906. The van der Waals surface area contributed by atoms with Gasteiger partial charge in [0.1, 0.15) is 6.26 Å². The third-order valence-electron chi connectivity index (χ3n) is 2.14. The number of hydrogen-bond acceptors (Lipinski definition) is 3. The average Bonchev–Trinajstić information content (AvgIpc) is 2.79. The highest BCUT2D eigenvalue weighted by Crippen LogP contribution is 2.41. The van der Waals surface area contributed by atoms with Gasteiger partial charge in [-0.3, -0.25) is 4.79 Å². The minimum absolute atomic E-state index is 0.0196. The highest BCUT2D eigenvalue weighted by molar-refractivity contribution is 6.50. The largest absolute Gasteiger partial charge is 0.364 e. The summed E-state index contributed by atoms with van der Waals surface area (Å²) in [6.45, 7) is 0. The SMILES string of the molecule is O=[C]c1nocc1C(Cl)(Cl)c1ccccc1. The third-order valence-corrected chi connectivity index (χ3v) is 2.98. The van der Waals surface area contributed by atoms with Crippen molar-refractivity contribution in [1.82, 2.24) is 5.16 Å². The molecule has 5 heteroatoms. The molecule has 2 rings (SSSR count). The normalized spacial score (nSPS) is 11.4. The zero-order valence-corrected chi connectivity index (χ0v) is 9.50. The fourth-order valence-electron chi connectivity index (χ4n) is 1.34. The van der Waals surface area contributed by atoms with Crippen LogP contribution in [0.5, 0.6) is 0 Å². The molecule has 1 radical (unpaired) electrons. The van der Waals surface area contributed by atoms with Crippen molar-refractivity contribution in [3.63, 3.8) is 0 Å². The van der Waals surface area contributed by atoms with Crippen LogP contribution in [0.25, 0.3) is 0 Å². The molecule has 2 aromatic rings. The van der Waals surface area contributed by atoms with Gasteiger partial charge < -0.3 is 4.52 Å². The number of carbonyl (C=O) groups excluding carboxylic acids is 1. The Balaban J connectivity index is 2.51. The second-order valence-corrected chi connectivity index (χ2v) is 4.45. The second kappa shape index (κ2) is 4.28. The maximum Gasteiger partial charge on any atom is 0.257 e. The van der Waals surface area contributed by atoms with Gasteiger partial charge in [0.15, 0.2) is 10.0 Å². The smallest absolute Gasteiger partial charge is 0.257 e. The van der Waals surface area contributed by atoms with E-state index >= 15 is 0 Å². The van der Waals surface area contributed by atoms with E-state index in [4.69, 9.17) is 23.2 Å². The molecule has 1 aromatic carbocycles. The number of halogens is 2. The Hall–Kier alpha value is -1.32. The molecular weight excluding hydrogens is 249 g/mol. The summed E-state index contributed by atoms with van der Waals surface area (Å²) in [5.74, 6) is 0. The first-order valence-corrected chi connectivity index (χ1v) is 5.18. The number of benzene rings is 1. The van der Waals surface area contributed by atoms with Crippen LogP contribution in [0, 0.1) is 0 Å². The summed E-state index contributed by atoms with van der Waals surface area (Å²) < 4.78 is 3.30. The molecule has 0 aliphatic heterocycles. The fourth-order valence-corrected chi connectivity index (χ4v) is 1.86. The van der Waals surface area contributed by atoms with E-state index < -0.39 is 4.33 Å². The summed E-state index contributed by atoms with van der Waals surface area (Å²) in [7, 11) is 0. The molecule has 3 nitrogen and oxygen atoms in total. The van der Waals surface area contributed by atoms with Gasteiger partial charge in [-0.05, 0) is 5.56 Å². The summed E-state index contributed by atoms with van der Waals surface area (Å²) in [4.78, 5) is 10.6. The molecule has 0 aliphatic carbocycles. The molecule has 81 valence electrons. The lowest BCUT2D eigenvalue weighted by Gasteiger charge is -2.18. The van der Waals surface area contributed by atoms with Crippen LogP contribution in [0.3, 0.4) is 0 Å². The van der Waals surface area contributed by atoms with Gasteiger partial charge in [0.25, 0.3) is 6.29 Å². The highest BCUT2D eigenvalue weighted by Gasteiger charge is 2.34. The quantitative estimate of drug-likeness (QED) is 0.792. The van der Waals surface area contributed by atoms with Crippen molar-refractivity contribution >= 4 is 29.5 Å². The van der Waals surface area contributed by atoms with Gasteiger partial charge in [0.2, 0.25) is 0 Å². The van der Waals surface area contributed by atoms with E-state index in [9.17, 15) is 4.79 Å². The Morgan fingerprint density at radius 2 is 1.94 bits per heavy atom. The lowest BCUT2D eigenvalue weighted by molar-refractivity contribution is 0.416. The van der Waals surface area contributed by atoms with Crippen LogP contribution in [0.4, 0.5) is 0 Å². The zero-order chi connectivity index (χ0) is 11.6. The number of hydrogen-bond donors (Lipinski definition) is 0.